The van der Waals surface area contributed by atoms with Gasteiger partial charge in [-0.25, -0.2) is 40.9 Å². The van der Waals surface area contributed by atoms with Crippen molar-refractivity contribution in [2.45, 2.75) is 56.4 Å². The third kappa shape index (κ3) is 8.12. The molecule has 3 aromatic carbocycles. The molecule has 9 rings (SSSR count). The molecule has 1 amide bonds. The number of fused-ring (bicyclic) bond motifs is 5. The topological polar surface area (TPSA) is 172 Å². The van der Waals surface area contributed by atoms with Gasteiger partial charge in [0.05, 0.1) is 44.8 Å². The summed E-state index contributed by atoms with van der Waals surface area (Å²) in [4.78, 5) is 42.2. The van der Waals surface area contributed by atoms with Crippen molar-refractivity contribution in [1.29, 1.82) is 0 Å². The fraction of sp³-hybridized carbons (Fsp3) is 0.275. The van der Waals surface area contributed by atoms with Crippen LogP contribution in [0.25, 0.3) is 38.9 Å². The Hall–Kier alpha value is -6.56. The van der Waals surface area contributed by atoms with Crippen LogP contribution >= 0.6 is 11.6 Å². The van der Waals surface area contributed by atoms with Crippen LogP contribution in [-0.2, 0) is 40.3 Å². The number of amides is 1. The second-order valence-corrected chi connectivity index (χ2v) is 17.6. The number of aromatic nitrogens is 8. The van der Waals surface area contributed by atoms with Crippen LogP contribution in [0.5, 0.6) is 0 Å². The van der Waals surface area contributed by atoms with Crippen molar-refractivity contribution in [3.8, 4) is 17.1 Å². The molecule has 4 aromatic heterocycles. The van der Waals surface area contributed by atoms with Crippen molar-refractivity contribution in [3.63, 3.8) is 0 Å². The van der Waals surface area contributed by atoms with Gasteiger partial charge in [0.25, 0.3) is 17.9 Å². The molecule has 0 unspecified atom stereocenters. The Bertz CT molecular complexity index is 3250. The largest absolute Gasteiger partial charge is 0.408 e. The predicted molar refractivity (Wildman–Crippen MR) is 214 cm³/mol. The smallest absolute Gasteiger partial charge is 0.344 e. The molecule has 65 heavy (non-hydrogen) atoms. The average Bonchev–Trinajstić information content (AvgIpc) is 3.74. The highest BCUT2D eigenvalue weighted by atomic mass is 35.5. The Balaban J connectivity index is 1.29. The Labute approximate surface area is 364 Å². The van der Waals surface area contributed by atoms with Crippen LogP contribution in [0, 0.1) is 17.6 Å². The maximum Gasteiger partial charge on any atom is 0.408 e. The maximum atomic E-state index is 15.5. The summed E-state index contributed by atoms with van der Waals surface area (Å²) in [6.45, 7) is -2.98. The molecular weight excluding hydrogens is 923 g/mol. The zero-order chi connectivity index (χ0) is 46.5. The summed E-state index contributed by atoms with van der Waals surface area (Å²) in [6.07, 6.45) is -5.48. The number of carbonyl (C=O) groups is 1. The SMILES string of the molecule is CS(=O)(=O)Nc1nn(CC(F)(F)F)c2c(-n3c([C@H](Cc4cc(F)cc(F)c4)NC(=O)Cn4nc(C(F)F)c5c4C(F)(F)[C@@H]4C[C@H]54)nc4cc(-c5ncccn5)ccc4c3=O)ccc(Cl)c12. The van der Waals surface area contributed by atoms with Gasteiger partial charge >= 0.3 is 6.18 Å². The van der Waals surface area contributed by atoms with E-state index < -0.39 is 129 Å². The third-order valence-corrected chi connectivity index (χ3v) is 11.7. The first-order valence-corrected chi connectivity index (χ1v) is 21.4. The van der Waals surface area contributed by atoms with Gasteiger partial charge in [0, 0.05) is 41.9 Å². The summed E-state index contributed by atoms with van der Waals surface area (Å²) in [5.74, 6) is -10.3. The summed E-state index contributed by atoms with van der Waals surface area (Å²) in [6, 6.07) is 8.33. The van der Waals surface area contributed by atoms with E-state index in [-0.39, 0.29) is 39.3 Å². The average molecular weight is 951 g/mol. The molecular formula is C40H28ClF9N10O4S. The minimum Gasteiger partial charge on any atom is -0.344 e. The molecule has 1 saturated carbocycles. The van der Waals surface area contributed by atoms with Gasteiger partial charge in [0.1, 0.15) is 41.9 Å². The summed E-state index contributed by atoms with van der Waals surface area (Å²) < 4.78 is 160. The quantitative estimate of drug-likeness (QED) is 0.118. The molecule has 2 aliphatic rings. The molecule has 0 spiro atoms. The van der Waals surface area contributed by atoms with E-state index in [1.807, 2.05) is 4.72 Å². The molecule has 14 nitrogen and oxygen atoms in total. The van der Waals surface area contributed by atoms with E-state index in [2.05, 4.69) is 25.5 Å². The first-order chi connectivity index (χ1) is 30.6. The van der Waals surface area contributed by atoms with Crippen LogP contribution in [0.2, 0.25) is 5.02 Å². The highest BCUT2D eigenvalue weighted by molar-refractivity contribution is 7.92. The van der Waals surface area contributed by atoms with E-state index in [1.54, 1.807) is 0 Å². The van der Waals surface area contributed by atoms with Gasteiger partial charge in [-0.2, -0.15) is 32.1 Å². The van der Waals surface area contributed by atoms with Crippen molar-refractivity contribution in [3.05, 3.63) is 122 Å². The Morgan fingerprint density at radius 3 is 2.37 bits per heavy atom. The van der Waals surface area contributed by atoms with E-state index in [0.29, 0.717) is 27.2 Å². The lowest BCUT2D eigenvalue weighted by atomic mass is 10.0. The predicted octanol–water partition coefficient (Wildman–Crippen LogP) is 7.50. The molecule has 7 aromatic rings. The van der Waals surface area contributed by atoms with Crippen molar-refractivity contribution < 1.29 is 52.7 Å². The highest BCUT2D eigenvalue weighted by Gasteiger charge is 2.67. The van der Waals surface area contributed by atoms with Gasteiger partial charge in [-0.1, -0.05) is 17.7 Å². The van der Waals surface area contributed by atoms with Crippen LogP contribution in [-0.4, -0.2) is 65.8 Å². The monoisotopic (exact) mass is 950 g/mol. The van der Waals surface area contributed by atoms with Crippen molar-refractivity contribution in [1.82, 2.24) is 44.4 Å². The molecule has 0 aliphatic heterocycles. The summed E-state index contributed by atoms with van der Waals surface area (Å²) in [7, 11) is -4.24. The molecule has 4 heterocycles. The van der Waals surface area contributed by atoms with Gasteiger partial charge in [0.15, 0.2) is 11.6 Å². The number of nitrogens with one attached hydrogen (secondary N) is 2. The van der Waals surface area contributed by atoms with E-state index in [9.17, 15) is 48.7 Å². The summed E-state index contributed by atoms with van der Waals surface area (Å²) in [5.41, 5.74) is -4.27. The second kappa shape index (κ2) is 15.6. The molecule has 0 radical (unpaired) electrons. The number of halogens is 10. The molecule has 2 N–H and O–H groups in total. The number of hydrogen-bond acceptors (Lipinski definition) is 9. The van der Waals surface area contributed by atoms with Crippen molar-refractivity contribution in [2.24, 2.45) is 5.92 Å². The number of rotatable bonds is 12. The van der Waals surface area contributed by atoms with Gasteiger partial charge in [0.2, 0.25) is 15.9 Å². The van der Waals surface area contributed by atoms with Gasteiger partial charge in [-0.15, -0.1) is 0 Å². The van der Waals surface area contributed by atoms with E-state index in [4.69, 9.17) is 16.6 Å². The van der Waals surface area contributed by atoms with Crippen LogP contribution < -0.4 is 15.6 Å². The molecule has 0 saturated heterocycles. The van der Waals surface area contributed by atoms with E-state index in [1.165, 1.54) is 36.7 Å². The number of alkyl halides is 7. The number of carbonyl (C=O) groups excluding carboxylic acids is 1. The summed E-state index contributed by atoms with van der Waals surface area (Å²) in [5, 5.41) is 9.10. The number of sulfonamides is 1. The van der Waals surface area contributed by atoms with Gasteiger partial charge < -0.3 is 5.32 Å². The highest BCUT2D eigenvalue weighted by Crippen LogP contribution is 2.68. The molecule has 2 aliphatic carbocycles. The minimum atomic E-state index is -5.02. The molecule has 1 fully saturated rings. The number of anilines is 1. The third-order valence-electron chi connectivity index (χ3n) is 10.9. The summed E-state index contributed by atoms with van der Waals surface area (Å²) >= 11 is 6.50. The lowest BCUT2D eigenvalue weighted by Crippen LogP contribution is -2.38. The van der Waals surface area contributed by atoms with Crippen LogP contribution in [0.15, 0.2) is 71.8 Å². The number of nitrogens with zero attached hydrogens (tertiary/aromatic N) is 8. The molecule has 338 valence electrons. The molecule has 3 atom stereocenters. The van der Waals surface area contributed by atoms with Crippen LogP contribution in [0.1, 0.15) is 53.1 Å². The fourth-order valence-corrected chi connectivity index (χ4v) is 9.09. The second-order valence-electron chi connectivity index (χ2n) is 15.5. The van der Waals surface area contributed by atoms with Crippen LogP contribution in [0.3, 0.4) is 0 Å². The lowest BCUT2D eigenvalue weighted by Gasteiger charge is -2.24. The standard InChI is InChI=1S/C40H28ClF9N10O4S/c1-65(63,64)57-36-30-24(41)5-6-27(32(30)59(56-36)16-39(46,47)48)60-37(54-25-12-18(3-4-21(25)38(60)62)35-51-7-2-8-52-35)26(11-17-9-19(42)13-20(43)10-17)53-28(61)15-58-33-29(31(55-58)34(44)45)22-14-23(22)40(33,49)50/h2-10,12-13,22-23,26,34H,11,14-16H2,1H3,(H,53,61)(H,56,57)/t22-,23+,26-/m0/s1. The zero-order valence-corrected chi connectivity index (χ0v) is 34.5. The Kier molecular flexibility index (Phi) is 10.5. The number of benzene rings is 3. The Morgan fingerprint density at radius 2 is 1.71 bits per heavy atom. The van der Waals surface area contributed by atoms with Gasteiger partial charge in [-0.3, -0.25) is 28.2 Å². The first-order valence-electron chi connectivity index (χ1n) is 19.2. The van der Waals surface area contributed by atoms with Crippen molar-refractivity contribution in [2.75, 3.05) is 11.0 Å². The van der Waals surface area contributed by atoms with Crippen molar-refractivity contribution >= 4 is 55.2 Å². The minimum absolute atomic E-state index is 0.0706. The molecule has 25 heteroatoms. The Morgan fingerprint density at radius 1 is 1.00 bits per heavy atom. The van der Waals surface area contributed by atoms with Crippen LogP contribution in [0.4, 0.5) is 45.3 Å². The molecule has 0 bridgehead atoms. The van der Waals surface area contributed by atoms with E-state index >= 15 is 8.78 Å². The van der Waals surface area contributed by atoms with E-state index in [0.717, 1.165) is 28.8 Å². The fourth-order valence-electron chi connectivity index (χ4n) is 8.36. The number of hydrogen-bond donors (Lipinski definition) is 2. The van der Waals surface area contributed by atoms with Gasteiger partial charge in [-0.05, 0) is 60.4 Å². The first kappa shape index (κ1) is 43.7. The zero-order valence-electron chi connectivity index (χ0n) is 32.9. The maximum absolute atomic E-state index is 15.5. The lowest BCUT2D eigenvalue weighted by molar-refractivity contribution is -0.141. The normalized spacial score (nSPS) is 17.1.